The lowest BCUT2D eigenvalue weighted by Gasteiger charge is -2.18. The van der Waals surface area contributed by atoms with E-state index in [2.05, 4.69) is 182 Å². The van der Waals surface area contributed by atoms with Crippen molar-refractivity contribution in [3.05, 3.63) is 193 Å². The van der Waals surface area contributed by atoms with Crippen LogP contribution in [-0.4, -0.2) is 0 Å². The fourth-order valence-electron chi connectivity index (χ4n) is 8.78. The lowest BCUT2D eigenvalue weighted by molar-refractivity contribution is 0.673. The molecule has 1 nitrogen and oxygen atoms in total. The van der Waals surface area contributed by atoms with Crippen LogP contribution < -0.4 is 0 Å². The van der Waals surface area contributed by atoms with E-state index in [1.165, 1.54) is 87.6 Å². The van der Waals surface area contributed by atoms with E-state index in [4.69, 9.17) is 4.42 Å². The van der Waals surface area contributed by atoms with Gasteiger partial charge in [-0.25, -0.2) is 0 Å². The molecule has 0 atom stereocenters. The van der Waals surface area contributed by atoms with E-state index in [1.54, 1.807) is 0 Å². The molecule has 1 aliphatic carbocycles. The molecule has 11 rings (SSSR count). The average molecular weight is 661 g/mol. The first-order valence-corrected chi connectivity index (χ1v) is 18.1. The van der Waals surface area contributed by atoms with Gasteiger partial charge >= 0.3 is 0 Å². The molecule has 0 saturated heterocycles. The maximum Gasteiger partial charge on any atom is 0.143 e. The van der Waals surface area contributed by atoms with E-state index in [9.17, 15) is 0 Å². The quantitative estimate of drug-likeness (QED) is 0.136. The first-order valence-electron chi connectivity index (χ1n) is 18.1. The van der Waals surface area contributed by atoms with Crippen LogP contribution in [0.1, 0.15) is 16.7 Å². The molecule has 0 radical (unpaired) electrons. The van der Waals surface area contributed by atoms with Crippen molar-refractivity contribution in [1.29, 1.82) is 0 Å². The fraction of sp³-hybridized carbons (Fsp3) is 0.0196. The Labute approximate surface area is 301 Å². The van der Waals surface area contributed by atoms with Crippen molar-refractivity contribution >= 4 is 76.7 Å². The van der Waals surface area contributed by atoms with Gasteiger partial charge in [0, 0.05) is 16.2 Å². The second-order valence-electron chi connectivity index (χ2n) is 14.0. The molecule has 1 aromatic heterocycles. The van der Waals surface area contributed by atoms with Gasteiger partial charge in [-0.05, 0) is 107 Å². The van der Waals surface area contributed by atoms with Gasteiger partial charge in [0.25, 0.3) is 0 Å². The third-order valence-corrected chi connectivity index (χ3v) is 11.1. The molecule has 0 saturated carbocycles. The lowest BCUT2D eigenvalue weighted by Crippen LogP contribution is -1.94. The molecule has 1 heterocycles. The maximum absolute atomic E-state index is 6.70. The smallest absolute Gasteiger partial charge is 0.143 e. The summed E-state index contributed by atoms with van der Waals surface area (Å²) in [6.07, 6.45) is 7.60. The van der Waals surface area contributed by atoms with Gasteiger partial charge in [0.1, 0.15) is 11.2 Å². The van der Waals surface area contributed by atoms with Crippen LogP contribution in [0.4, 0.5) is 0 Å². The van der Waals surface area contributed by atoms with E-state index in [1.807, 2.05) is 0 Å². The number of allylic oxidation sites excluding steroid dienone is 3. The van der Waals surface area contributed by atoms with Gasteiger partial charge in [-0.1, -0.05) is 164 Å². The van der Waals surface area contributed by atoms with E-state index in [-0.39, 0.29) is 0 Å². The molecule has 10 aromatic rings. The number of hydrogen-bond donors (Lipinski definition) is 0. The maximum atomic E-state index is 6.70. The normalized spacial score (nSPS) is 13.0. The molecule has 0 bridgehead atoms. The summed E-state index contributed by atoms with van der Waals surface area (Å²) in [5.74, 6) is 0. The molecular formula is C51H32O. The van der Waals surface area contributed by atoms with Crippen LogP contribution in [0.15, 0.2) is 180 Å². The van der Waals surface area contributed by atoms with Crippen LogP contribution in [-0.2, 0) is 6.42 Å². The summed E-state index contributed by atoms with van der Waals surface area (Å²) < 4.78 is 6.70. The fourth-order valence-corrected chi connectivity index (χ4v) is 8.78. The lowest BCUT2D eigenvalue weighted by atomic mass is 9.85. The minimum atomic E-state index is 0.906. The summed E-state index contributed by atoms with van der Waals surface area (Å²) in [6, 6.07) is 59.8. The van der Waals surface area contributed by atoms with Crippen LogP contribution in [0.5, 0.6) is 0 Å². The Hall–Kier alpha value is -6.70. The molecule has 242 valence electrons. The Balaban J connectivity index is 1.15. The summed E-state index contributed by atoms with van der Waals surface area (Å²) in [4.78, 5) is 0. The molecule has 52 heavy (non-hydrogen) atoms. The topological polar surface area (TPSA) is 13.1 Å². The van der Waals surface area contributed by atoms with Crippen LogP contribution in [0, 0.1) is 0 Å². The molecule has 0 amide bonds. The summed E-state index contributed by atoms with van der Waals surface area (Å²) in [5, 5.41) is 12.2. The van der Waals surface area contributed by atoms with Crippen molar-refractivity contribution in [2.45, 2.75) is 6.42 Å². The van der Waals surface area contributed by atoms with Gasteiger partial charge in [0.15, 0.2) is 0 Å². The highest BCUT2D eigenvalue weighted by Crippen LogP contribution is 2.47. The van der Waals surface area contributed by atoms with Gasteiger partial charge in [-0.3, -0.25) is 0 Å². The van der Waals surface area contributed by atoms with Crippen molar-refractivity contribution in [3.63, 3.8) is 0 Å². The second-order valence-corrected chi connectivity index (χ2v) is 14.0. The predicted molar refractivity (Wildman–Crippen MR) is 222 cm³/mol. The molecule has 0 fully saturated rings. The number of benzene rings is 9. The molecule has 0 N–H and O–H groups in total. The summed E-state index contributed by atoms with van der Waals surface area (Å²) in [7, 11) is 0. The van der Waals surface area contributed by atoms with Crippen molar-refractivity contribution < 1.29 is 4.42 Å². The molecule has 0 unspecified atom stereocenters. The highest BCUT2D eigenvalue weighted by atomic mass is 16.3. The van der Waals surface area contributed by atoms with Crippen LogP contribution in [0.3, 0.4) is 0 Å². The standard InChI is InChI=1S/C51H32O/c1-2-14-33-29-34(16-11-15-32(33)13-1)35-17-12-18-36(30-35)48-41-22-6-8-24-43(41)49(44-25-9-7-23-42(44)48)37-27-28-47-46(31-37)50-40-21-5-3-19-38(40)39-20-4-10-26-45(39)51(50)52-47/h1-28,30-31H,29H2. The Morgan fingerprint density at radius 2 is 0.962 bits per heavy atom. The first kappa shape index (κ1) is 29.1. The molecule has 1 aliphatic rings. The van der Waals surface area contributed by atoms with E-state index in [0.717, 1.165) is 28.4 Å². The Bertz CT molecular complexity index is 3090. The minimum Gasteiger partial charge on any atom is -0.455 e. The average Bonchev–Trinajstić information content (AvgIpc) is 3.45. The largest absolute Gasteiger partial charge is 0.455 e. The van der Waals surface area contributed by atoms with E-state index in [0.29, 0.717) is 0 Å². The van der Waals surface area contributed by atoms with Crippen molar-refractivity contribution in [3.8, 4) is 22.3 Å². The van der Waals surface area contributed by atoms with Crippen LogP contribution in [0.25, 0.3) is 98.9 Å². The van der Waals surface area contributed by atoms with Crippen LogP contribution in [0.2, 0.25) is 0 Å². The zero-order valence-corrected chi connectivity index (χ0v) is 28.4. The molecule has 9 aromatic carbocycles. The highest BCUT2D eigenvalue weighted by Gasteiger charge is 2.20. The first-order chi connectivity index (χ1) is 25.8. The summed E-state index contributed by atoms with van der Waals surface area (Å²) >= 11 is 0. The van der Waals surface area contributed by atoms with Crippen molar-refractivity contribution in [2.75, 3.05) is 0 Å². The van der Waals surface area contributed by atoms with E-state index < -0.39 is 0 Å². The summed E-state index contributed by atoms with van der Waals surface area (Å²) in [5.41, 5.74) is 12.0. The van der Waals surface area contributed by atoms with Gasteiger partial charge in [-0.2, -0.15) is 0 Å². The third kappa shape index (κ3) is 4.36. The molecule has 0 spiro atoms. The predicted octanol–water partition coefficient (Wildman–Crippen LogP) is 14.2. The zero-order chi connectivity index (χ0) is 34.2. The number of hydrogen-bond acceptors (Lipinski definition) is 1. The van der Waals surface area contributed by atoms with Gasteiger partial charge < -0.3 is 4.42 Å². The third-order valence-electron chi connectivity index (χ3n) is 11.1. The zero-order valence-electron chi connectivity index (χ0n) is 28.4. The van der Waals surface area contributed by atoms with Gasteiger partial charge in [-0.15, -0.1) is 0 Å². The molecule has 1 heteroatoms. The summed E-state index contributed by atoms with van der Waals surface area (Å²) in [6.45, 7) is 0. The number of rotatable bonds is 3. The Kier molecular flexibility index (Phi) is 6.38. The second kappa shape index (κ2) is 11.4. The molecule has 0 aliphatic heterocycles. The Morgan fingerprint density at radius 1 is 0.404 bits per heavy atom. The van der Waals surface area contributed by atoms with E-state index >= 15 is 0 Å². The SMILES string of the molecule is C1=Cc2ccccc2CC(c2cccc(-c3c4ccccc4c(-c4ccc5oc6c7ccccc7c7ccccc7c6c5c4)c4ccccc34)c2)=C1. The van der Waals surface area contributed by atoms with Crippen molar-refractivity contribution in [1.82, 2.24) is 0 Å². The number of fused-ring (bicyclic) bond motifs is 11. The van der Waals surface area contributed by atoms with Crippen molar-refractivity contribution in [2.24, 2.45) is 0 Å². The monoisotopic (exact) mass is 660 g/mol. The number of furan rings is 1. The van der Waals surface area contributed by atoms with Gasteiger partial charge in [0.05, 0.1) is 0 Å². The van der Waals surface area contributed by atoms with Gasteiger partial charge in [0.2, 0.25) is 0 Å². The molecular weight excluding hydrogens is 629 g/mol. The van der Waals surface area contributed by atoms with Crippen LogP contribution >= 0.6 is 0 Å². The minimum absolute atomic E-state index is 0.906. The highest BCUT2D eigenvalue weighted by molar-refractivity contribution is 6.31. The Morgan fingerprint density at radius 3 is 1.67 bits per heavy atom.